The van der Waals surface area contributed by atoms with Crippen LogP contribution >= 0.6 is 11.8 Å². The summed E-state index contributed by atoms with van der Waals surface area (Å²) in [7, 11) is 0. The molecule has 0 fully saturated rings. The fourth-order valence-electron chi connectivity index (χ4n) is 1.58. The third-order valence-corrected chi connectivity index (χ3v) is 3.41. The first-order valence-corrected chi connectivity index (χ1v) is 6.77. The van der Waals surface area contributed by atoms with Crippen molar-refractivity contribution in [3.63, 3.8) is 0 Å². The third kappa shape index (κ3) is 6.21. The summed E-state index contributed by atoms with van der Waals surface area (Å²) in [6.07, 6.45) is 0.618. The molecule has 0 saturated heterocycles. The van der Waals surface area contributed by atoms with E-state index < -0.39 is 0 Å². The molecule has 0 aromatic rings. The van der Waals surface area contributed by atoms with E-state index in [1.54, 1.807) is 0 Å². The van der Waals surface area contributed by atoms with Crippen LogP contribution in [0.15, 0.2) is 0 Å². The summed E-state index contributed by atoms with van der Waals surface area (Å²) in [5.74, 6) is 0.323. The molecule has 0 aromatic heterocycles. The highest BCUT2D eigenvalue weighted by molar-refractivity contribution is 8.00. The van der Waals surface area contributed by atoms with E-state index >= 15 is 0 Å². The lowest BCUT2D eigenvalue weighted by molar-refractivity contribution is -0.120. The fourth-order valence-corrected chi connectivity index (χ4v) is 2.82. The van der Waals surface area contributed by atoms with Crippen LogP contribution in [-0.4, -0.2) is 28.4 Å². The number of hydrogen-bond donors (Lipinski definition) is 1. The third-order valence-electron chi connectivity index (χ3n) is 2.16. The zero-order chi connectivity index (χ0) is 12.0. The van der Waals surface area contributed by atoms with E-state index in [1.807, 2.05) is 18.7 Å². The van der Waals surface area contributed by atoms with Crippen LogP contribution in [-0.2, 0) is 4.79 Å². The van der Waals surface area contributed by atoms with Gasteiger partial charge in [0.15, 0.2) is 5.78 Å². The zero-order valence-electron chi connectivity index (χ0n) is 10.8. The number of Topliss-reactive ketones (excluding diaryl/α,β-unsaturated/α-hetero) is 1. The number of ketones is 1. The summed E-state index contributed by atoms with van der Waals surface area (Å²) < 4.78 is 0. The largest absolute Gasteiger partial charge is 0.304 e. The number of carbonyl (C=O) groups excluding carboxylic acids is 1. The Morgan fingerprint density at radius 3 is 2.07 bits per heavy atom. The van der Waals surface area contributed by atoms with Crippen LogP contribution in [0.2, 0.25) is 0 Å². The van der Waals surface area contributed by atoms with Gasteiger partial charge in [0.1, 0.15) is 0 Å². The lowest BCUT2D eigenvalue weighted by atomic mass is 10.1. The Labute approximate surface area is 98.6 Å². The second-order valence-corrected chi connectivity index (χ2v) is 6.47. The SMILES string of the molecule is CCC(=O)C(NC(C)C)C(C)SC(C)C. The van der Waals surface area contributed by atoms with Crippen molar-refractivity contribution >= 4 is 17.5 Å². The van der Waals surface area contributed by atoms with Crippen LogP contribution in [0, 0.1) is 0 Å². The van der Waals surface area contributed by atoms with Gasteiger partial charge in [0.2, 0.25) is 0 Å². The van der Waals surface area contributed by atoms with Crippen molar-refractivity contribution in [3.8, 4) is 0 Å². The van der Waals surface area contributed by atoms with Gasteiger partial charge >= 0.3 is 0 Å². The molecule has 2 nitrogen and oxygen atoms in total. The van der Waals surface area contributed by atoms with Crippen molar-refractivity contribution in [2.45, 2.75) is 70.5 Å². The molecule has 0 aliphatic rings. The first-order valence-electron chi connectivity index (χ1n) is 5.82. The van der Waals surface area contributed by atoms with Crippen molar-refractivity contribution in [3.05, 3.63) is 0 Å². The fraction of sp³-hybridized carbons (Fsp3) is 0.917. The molecule has 0 radical (unpaired) electrons. The minimum absolute atomic E-state index is 0.00222. The predicted octanol–water partition coefficient (Wildman–Crippen LogP) is 2.86. The van der Waals surface area contributed by atoms with Gasteiger partial charge in [0, 0.05) is 17.7 Å². The molecule has 0 bridgehead atoms. The van der Waals surface area contributed by atoms with E-state index in [0.717, 1.165) is 0 Å². The predicted molar refractivity (Wildman–Crippen MR) is 69.5 cm³/mol. The van der Waals surface area contributed by atoms with E-state index in [4.69, 9.17) is 0 Å². The van der Waals surface area contributed by atoms with Crippen molar-refractivity contribution < 1.29 is 4.79 Å². The Morgan fingerprint density at radius 2 is 1.73 bits per heavy atom. The monoisotopic (exact) mass is 231 g/mol. The molecule has 0 aromatic carbocycles. The van der Waals surface area contributed by atoms with Crippen LogP contribution in [0.5, 0.6) is 0 Å². The van der Waals surface area contributed by atoms with Crippen LogP contribution in [0.4, 0.5) is 0 Å². The van der Waals surface area contributed by atoms with Crippen LogP contribution in [0.3, 0.4) is 0 Å². The Balaban J connectivity index is 4.40. The summed E-state index contributed by atoms with van der Waals surface area (Å²) in [4.78, 5) is 11.8. The molecular formula is C12H25NOS. The van der Waals surface area contributed by atoms with Gasteiger partial charge in [0.25, 0.3) is 0 Å². The number of rotatable bonds is 7. The molecule has 15 heavy (non-hydrogen) atoms. The number of thioether (sulfide) groups is 1. The van der Waals surface area contributed by atoms with Gasteiger partial charge in [-0.3, -0.25) is 4.79 Å². The normalized spacial score (nSPS) is 15.7. The molecule has 0 heterocycles. The van der Waals surface area contributed by atoms with Crippen molar-refractivity contribution in [2.75, 3.05) is 0 Å². The molecule has 0 aliphatic heterocycles. The Kier molecular flexibility index (Phi) is 7.28. The molecule has 0 aliphatic carbocycles. The van der Waals surface area contributed by atoms with Crippen LogP contribution in [0.25, 0.3) is 0 Å². The zero-order valence-corrected chi connectivity index (χ0v) is 11.6. The second kappa shape index (κ2) is 7.29. The van der Waals surface area contributed by atoms with Crippen LogP contribution in [0.1, 0.15) is 48.0 Å². The lowest BCUT2D eigenvalue weighted by Gasteiger charge is -2.26. The molecule has 0 amide bonds. The first kappa shape index (κ1) is 15.0. The maximum absolute atomic E-state index is 11.8. The van der Waals surface area contributed by atoms with Gasteiger partial charge < -0.3 is 5.32 Å². The number of nitrogens with one attached hydrogen (secondary N) is 1. The molecule has 0 rings (SSSR count). The van der Waals surface area contributed by atoms with Gasteiger partial charge in [-0.2, -0.15) is 11.8 Å². The highest BCUT2D eigenvalue weighted by atomic mass is 32.2. The quantitative estimate of drug-likeness (QED) is 0.730. The number of carbonyl (C=O) groups is 1. The van der Waals surface area contributed by atoms with Crippen molar-refractivity contribution in [2.24, 2.45) is 0 Å². The summed E-state index contributed by atoms with van der Waals surface area (Å²) >= 11 is 1.86. The molecule has 0 saturated carbocycles. The highest BCUT2D eigenvalue weighted by Gasteiger charge is 2.24. The minimum atomic E-state index is 0.00222. The Bertz CT molecular complexity index is 192. The molecule has 90 valence electrons. The molecule has 0 spiro atoms. The van der Waals surface area contributed by atoms with E-state index in [0.29, 0.717) is 28.7 Å². The van der Waals surface area contributed by atoms with Gasteiger partial charge in [-0.05, 0) is 5.25 Å². The van der Waals surface area contributed by atoms with E-state index in [1.165, 1.54) is 0 Å². The maximum atomic E-state index is 11.8. The Morgan fingerprint density at radius 1 is 1.20 bits per heavy atom. The summed E-state index contributed by atoms with van der Waals surface area (Å²) in [5.41, 5.74) is 0. The molecule has 1 N–H and O–H groups in total. The number of hydrogen-bond acceptors (Lipinski definition) is 3. The van der Waals surface area contributed by atoms with E-state index in [-0.39, 0.29) is 6.04 Å². The van der Waals surface area contributed by atoms with Gasteiger partial charge in [0.05, 0.1) is 6.04 Å². The van der Waals surface area contributed by atoms with Crippen LogP contribution < -0.4 is 5.32 Å². The molecule has 2 atom stereocenters. The van der Waals surface area contributed by atoms with Gasteiger partial charge in [-0.15, -0.1) is 0 Å². The minimum Gasteiger partial charge on any atom is -0.304 e. The maximum Gasteiger partial charge on any atom is 0.150 e. The second-order valence-electron chi connectivity index (χ2n) is 4.51. The molecule has 2 unspecified atom stereocenters. The average Bonchev–Trinajstić information content (AvgIpc) is 2.11. The van der Waals surface area contributed by atoms with E-state index in [2.05, 4.69) is 39.9 Å². The van der Waals surface area contributed by atoms with Gasteiger partial charge in [-0.1, -0.05) is 41.5 Å². The van der Waals surface area contributed by atoms with E-state index in [9.17, 15) is 4.79 Å². The van der Waals surface area contributed by atoms with Crippen molar-refractivity contribution in [1.29, 1.82) is 0 Å². The van der Waals surface area contributed by atoms with Gasteiger partial charge in [-0.25, -0.2) is 0 Å². The summed E-state index contributed by atoms with van der Waals surface area (Å²) in [6, 6.07) is 0.364. The summed E-state index contributed by atoms with van der Waals surface area (Å²) in [5, 5.41) is 4.28. The molecular weight excluding hydrogens is 206 g/mol. The highest BCUT2D eigenvalue weighted by Crippen LogP contribution is 2.21. The average molecular weight is 231 g/mol. The smallest absolute Gasteiger partial charge is 0.150 e. The topological polar surface area (TPSA) is 29.1 Å². The lowest BCUT2D eigenvalue weighted by Crippen LogP contribution is -2.46. The Hall–Kier alpha value is -0.0200. The molecule has 3 heteroatoms. The first-order chi connectivity index (χ1) is 6.88. The standard InChI is InChI=1S/C12H25NOS/c1-7-11(14)12(13-8(2)3)10(6)15-9(4)5/h8-10,12-13H,7H2,1-6H3. The summed E-state index contributed by atoms with van der Waals surface area (Å²) in [6.45, 7) is 12.6. The van der Waals surface area contributed by atoms with Crippen molar-refractivity contribution in [1.82, 2.24) is 5.32 Å².